The lowest BCUT2D eigenvalue weighted by atomic mass is 10.00. The average Bonchev–Trinajstić information content (AvgIpc) is 2.39. The number of allylic oxidation sites excluding steroid dienone is 1. The van der Waals surface area contributed by atoms with E-state index in [-0.39, 0.29) is 6.04 Å². The Morgan fingerprint density at radius 1 is 1.33 bits per heavy atom. The van der Waals surface area contributed by atoms with Crippen molar-refractivity contribution in [1.82, 2.24) is 15.4 Å². The maximum atomic E-state index is 5.62. The minimum absolute atomic E-state index is 0.119. The largest absolute Gasteiger partial charge is 0.271 e. The van der Waals surface area contributed by atoms with E-state index >= 15 is 0 Å². The van der Waals surface area contributed by atoms with E-state index in [1.54, 1.807) is 12.4 Å². The number of hydrogen-bond donors (Lipinski definition) is 2. The summed E-state index contributed by atoms with van der Waals surface area (Å²) in [4.78, 5) is 8.56. The molecule has 4 heteroatoms. The molecule has 1 aromatic carbocycles. The van der Waals surface area contributed by atoms with Crippen LogP contribution in [0.15, 0.2) is 42.7 Å². The molecule has 2 rings (SSSR count). The third kappa shape index (κ3) is 2.91. The van der Waals surface area contributed by atoms with E-state index in [1.807, 2.05) is 25.1 Å². The molecular weight excluding hydrogens is 224 g/mol. The minimum atomic E-state index is 0.119. The summed E-state index contributed by atoms with van der Waals surface area (Å²) in [5.74, 6) is 5.62. The monoisotopic (exact) mass is 242 g/mol. The highest BCUT2D eigenvalue weighted by Gasteiger charge is 2.10. The van der Waals surface area contributed by atoms with E-state index in [0.717, 1.165) is 35.0 Å². The molecule has 3 N–H and O–H groups in total. The summed E-state index contributed by atoms with van der Waals surface area (Å²) in [5.41, 5.74) is 6.94. The predicted octanol–water partition coefficient (Wildman–Crippen LogP) is 2.49. The molecule has 0 aliphatic heterocycles. The van der Waals surface area contributed by atoms with Crippen molar-refractivity contribution in [3.63, 3.8) is 0 Å². The summed E-state index contributed by atoms with van der Waals surface area (Å²) in [5, 5.41) is 0. The second-order valence-corrected chi connectivity index (χ2v) is 4.52. The van der Waals surface area contributed by atoms with Gasteiger partial charge in [0.1, 0.15) is 0 Å². The predicted molar refractivity (Wildman–Crippen MR) is 73.7 cm³/mol. The van der Waals surface area contributed by atoms with Gasteiger partial charge in [0.2, 0.25) is 0 Å². The molecule has 0 fully saturated rings. The van der Waals surface area contributed by atoms with Gasteiger partial charge in [-0.2, -0.15) is 0 Å². The molecule has 0 aliphatic carbocycles. The van der Waals surface area contributed by atoms with Crippen LogP contribution < -0.4 is 11.3 Å². The van der Waals surface area contributed by atoms with Crippen LogP contribution in [0.2, 0.25) is 0 Å². The summed E-state index contributed by atoms with van der Waals surface area (Å²) in [6, 6.07) is 6.17. The SMILES string of the molecule is C=C(C)CCC(NN)c1ccc2nccnc2c1. The van der Waals surface area contributed by atoms with Crippen LogP contribution in [-0.2, 0) is 0 Å². The molecule has 4 nitrogen and oxygen atoms in total. The Hall–Kier alpha value is -1.78. The van der Waals surface area contributed by atoms with Crippen molar-refractivity contribution in [2.75, 3.05) is 0 Å². The van der Waals surface area contributed by atoms with Crippen molar-refractivity contribution in [2.24, 2.45) is 5.84 Å². The van der Waals surface area contributed by atoms with E-state index in [9.17, 15) is 0 Å². The fraction of sp³-hybridized carbons (Fsp3) is 0.286. The van der Waals surface area contributed by atoms with Crippen LogP contribution >= 0.6 is 0 Å². The van der Waals surface area contributed by atoms with Crippen molar-refractivity contribution < 1.29 is 0 Å². The molecule has 0 radical (unpaired) electrons. The molecule has 0 saturated carbocycles. The first kappa shape index (κ1) is 12.7. The highest BCUT2D eigenvalue weighted by molar-refractivity contribution is 5.74. The van der Waals surface area contributed by atoms with Crippen LogP contribution in [-0.4, -0.2) is 9.97 Å². The average molecular weight is 242 g/mol. The number of hydrazine groups is 1. The third-order valence-corrected chi connectivity index (χ3v) is 2.96. The summed E-state index contributed by atoms with van der Waals surface area (Å²) in [6.45, 7) is 5.94. The van der Waals surface area contributed by atoms with Crippen molar-refractivity contribution in [2.45, 2.75) is 25.8 Å². The Kier molecular flexibility index (Phi) is 4.02. The Bertz CT molecular complexity index is 550. The topological polar surface area (TPSA) is 63.8 Å². The molecular formula is C14H18N4. The van der Waals surface area contributed by atoms with Gasteiger partial charge >= 0.3 is 0 Å². The summed E-state index contributed by atoms with van der Waals surface area (Å²) in [7, 11) is 0. The van der Waals surface area contributed by atoms with Crippen LogP contribution in [0.25, 0.3) is 11.0 Å². The molecule has 0 saturated heterocycles. The quantitative estimate of drug-likeness (QED) is 0.480. The standard InChI is InChI=1S/C14H18N4/c1-10(2)3-5-12(18-15)11-4-6-13-14(9-11)17-8-7-16-13/h4,6-9,12,18H,1,3,5,15H2,2H3. The van der Waals surface area contributed by atoms with E-state index in [2.05, 4.69) is 22.0 Å². The number of fused-ring (bicyclic) bond motifs is 1. The van der Waals surface area contributed by atoms with Gasteiger partial charge in [-0.3, -0.25) is 21.2 Å². The molecule has 0 aliphatic rings. The van der Waals surface area contributed by atoms with Crippen molar-refractivity contribution in [1.29, 1.82) is 0 Å². The van der Waals surface area contributed by atoms with Gasteiger partial charge in [-0.05, 0) is 37.5 Å². The van der Waals surface area contributed by atoms with Crippen LogP contribution in [0.4, 0.5) is 0 Å². The first-order valence-electron chi connectivity index (χ1n) is 6.02. The van der Waals surface area contributed by atoms with Crippen LogP contribution in [0.1, 0.15) is 31.4 Å². The number of nitrogens with zero attached hydrogens (tertiary/aromatic N) is 2. The second-order valence-electron chi connectivity index (χ2n) is 4.52. The van der Waals surface area contributed by atoms with Gasteiger partial charge in [-0.25, -0.2) is 0 Å². The molecule has 1 unspecified atom stereocenters. The van der Waals surface area contributed by atoms with Gasteiger partial charge < -0.3 is 0 Å². The summed E-state index contributed by atoms with van der Waals surface area (Å²) >= 11 is 0. The van der Waals surface area contributed by atoms with E-state index in [0.29, 0.717) is 0 Å². The van der Waals surface area contributed by atoms with Gasteiger partial charge in [0, 0.05) is 18.4 Å². The Morgan fingerprint density at radius 2 is 2.06 bits per heavy atom. The number of nitrogens with two attached hydrogens (primary N) is 1. The first-order chi connectivity index (χ1) is 8.70. The van der Waals surface area contributed by atoms with Crippen LogP contribution in [0.5, 0.6) is 0 Å². The molecule has 0 spiro atoms. The highest BCUT2D eigenvalue weighted by atomic mass is 15.2. The van der Waals surface area contributed by atoms with Crippen molar-refractivity contribution >= 4 is 11.0 Å². The lowest BCUT2D eigenvalue weighted by molar-refractivity contribution is 0.516. The van der Waals surface area contributed by atoms with E-state index in [4.69, 9.17) is 5.84 Å². The Labute approximate surface area is 107 Å². The Morgan fingerprint density at radius 3 is 2.72 bits per heavy atom. The number of aromatic nitrogens is 2. The molecule has 2 aromatic rings. The van der Waals surface area contributed by atoms with Gasteiger partial charge in [-0.15, -0.1) is 6.58 Å². The molecule has 1 aromatic heterocycles. The van der Waals surface area contributed by atoms with Crippen LogP contribution in [0, 0.1) is 0 Å². The number of hydrogen-bond acceptors (Lipinski definition) is 4. The van der Waals surface area contributed by atoms with E-state index in [1.165, 1.54) is 0 Å². The number of benzene rings is 1. The molecule has 94 valence electrons. The minimum Gasteiger partial charge on any atom is -0.271 e. The molecule has 0 amide bonds. The maximum Gasteiger partial charge on any atom is 0.0890 e. The zero-order chi connectivity index (χ0) is 13.0. The molecule has 0 bridgehead atoms. The molecule has 18 heavy (non-hydrogen) atoms. The summed E-state index contributed by atoms with van der Waals surface area (Å²) in [6.07, 6.45) is 5.28. The lowest BCUT2D eigenvalue weighted by Crippen LogP contribution is -2.28. The smallest absolute Gasteiger partial charge is 0.0890 e. The summed E-state index contributed by atoms with van der Waals surface area (Å²) < 4.78 is 0. The molecule has 1 atom stereocenters. The maximum absolute atomic E-state index is 5.62. The fourth-order valence-corrected chi connectivity index (χ4v) is 1.93. The number of nitrogens with one attached hydrogen (secondary N) is 1. The first-order valence-corrected chi connectivity index (χ1v) is 6.02. The normalized spacial score (nSPS) is 12.6. The highest BCUT2D eigenvalue weighted by Crippen LogP contribution is 2.22. The van der Waals surface area contributed by atoms with Gasteiger partial charge in [0.25, 0.3) is 0 Å². The van der Waals surface area contributed by atoms with Crippen molar-refractivity contribution in [3.05, 3.63) is 48.3 Å². The number of rotatable bonds is 5. The fourth-order valence-electron chi connectivity index (χ4n) is 1.93. The Balaban J connectivity index is 2.24. The van der Waals surface area contributed by atoms with Gasteiger partial charge in [0.05, 0.1) is 11.0 Å². The zero-order valence-corrected chi connectivity index (χ0v) is 10.6. The van der Waals surface area contributed by atoms with Gasteiger partial charge in [0.15, 0.2) is 0 Å². The zero-order valence-electron chi connectivity index (χ0n) is 10.6. The third-order valence-electron chi connectivity index (χ3n) is 2.96. The van der Waals surface area contributed by atoms with E-state index < -0.39 is 0 Å². The second kappa shape index (κ2) is 5.71. The van der Waals surface area contributed by atoms with Gasteiger partial charge in [-0.1, -0.05) is 11.6 Å². The van der Waals surface area contributed by atoms with Crippen LogP contribution in [0.3, 0.4) is 0 Å². The lowest BCUT2D eigenvalue weighted by Gasteiger charge is -2.16. The molecule has 1 heterocycles. The van der Waals surface area contributed by atoms with Crippen molar-refractivity contribution in [3.8, 4) is 0 Å².